The average Bonchev–Trinajstić information content (AvgIpc) is 2.53. The van der Waals surface area contributed by atoms with Gasteiger partial charge in [0.2, 0.25) is 0 Å². The Labute approximate surface area is 138 Å². The lowest BCUT2D eigenvalue weighted by Crippen LogP contribution is -2.28. The number of nitrogens with zero attached hydrogens (tertiary/aromatic N) is 3. The second-order valence-electron chi connectivity index (χ2n) is 5.44. The first-order chi connectivity index (χ1) is 11.4. The molecule has 130 valence electrons. The van der Waals surface area contributed by atoms with Gasteiger partial charge in [0.05, 0.1) is 17.6 Å². The molecule has 0 aliphatic rings. The summed E-state index contributed by atoms with van der Waals surface area (Å²) in [5, 5.41) is 0. The Balaban J connectivity index is 2.53. The van der Waals surface area contributed by atoms with Crippen LogP contribution in [0, 0.1) is 5.82 Å². The van der Waals surface area contributed by atoms with Crippen molar-refractivity contribution in [1.82, 2.24) is 9.97 Å². The maximum atomic E-state index is 13.5. The van der Waals surface area contributed by atoms with Crippen molar-refractivity contribution in [3.63, 3.8) is 0 Å². The fraction of sp³-hybridized carbons (Fsp3) is 0.412. The van der Waals surface area contributed by atoms with E-state index in [1.54, 1.807) is 4.90 Å². The van der Waals surface area contributed by atoms with Crippen LogP contribution < -0.4 is 4.90 Å². The molecule has 0 unspecified atom stereocenters. The summed E-state index contributed by atoms with van der Waals surface area (Å²) in [7, 11) is 0. The van der Waals surface area contributed by atoms with Crippen LogP contribution in [0.15, 0.2) is 30.6 Å². The molecule has 0 bridgehead atoms. The van der Waals surface area contributed by atoms with E-state index in [0.717, 1.165) is 25.1 Å². The summed E-state index contributed by atoms with van der Waals surface area (Å²) in [5.41, 5.74) is -0.638. The number of rotatable bonds is 6. The van der Waals surface area contributed by atoms with Gasteiger partial charge in [0.25, 0.3) is 0 Å². The van der Waals surface area contributed by atoms with Gasteiger partial charge in [0.15, 0.2) is 5.69 Å². The number of anilines is 1. The van der Waals surface area contributed by atoms with Gasteiger partial charge in [-0.3, -0.25) is 4.98 Å². The van der Waals surface area contributed by atoms with Crippen LogP contribution in [0.4, 0.5) is 23.2 Å². The van der Waals surface area contributed by atoms with Gasteiger partial charge < -0.3 is 4.90 Å². The monoisotopic (exact) mass is 341 g/mol. The van der Waals surface area contributed by atoms with Crippen molar-refractivity contribution in [2.45, 2.75) is 32.9 Å². The smallest absolute Gasteiger partial charge is 0.370 e. The number of hydrogen-bond acceptors (Lipinski definition) is 3. The fourth-order valence-electron chi connectivity index (χ4n) is 2.52. The van der Waals surface area contributed by atoms with Crippen molar-refractivity contribution in [3.8, 4) is 11.3 Å². The van der Waals surface area contributed by atoms with Gasteiger partial charge in [-0.1, -0.05) is 13.8 Å². The van der Waals surface area contributed by atoms with Crippen LogP contribution in [0.2, 0.25) is 0 Å². The molecule has 0 aliphatic carbocycles. The van der Waals surface area contributed by atoms with Crippen LogP contribution in [0.5, 0.6) is 0 Å². The van der Waals surface area contributed by atoms with Crippen molar-refractivity contribution in [2.24, 2.45) is 0 Å². The van der Waals surface area contributed by atoms with Gasteiger partial charge in [0, 0.05) is 24.8 Å². The molecule has 0 saturated heterocycles. The molecule has 0 fully saturated rings. The molecule has 2 heterocycles. The van der Waals surface area contributed by atoms with Crippen LogP contribution in [0.1, 0.15) is 32.4 Å². The maximum absolute atomic E-state index is 13.5. The summed E-state index contributed by atoms with van der Waals surface area (Å²) >= 11 is 0. The van der Waals surface area contributed by atoms with Crippen LogP contribution >= 0.6 is 0 Å². The van der Waals surface area contributed by atoms with Gasteiger partial charge >= 0.3 is 6.18 Å². The minimum Gasteiger partial charge on any atom is -0.370 e. The molecule has 0 radical (unpaired) electrons. The van der Waals surface area contributed by atoms with Crippen molar-refractivity contribution in [2.75, 3.05) is 18.0 Å². The zero-order chi connectivity index (χ0) is 17.7. The molecular formula is C17H19F4N3. The SMILES string of the molecule is CCCN(CCC)c1ccc(-c2cncc(F)c2)nc1C(F)(F)F. The first kappa shape index (κ1) is 18.2. The number of halogens is 4. The molecule has 7 heteroatoms. The highest BCUT2D eigenvalue weighted by Crippen LogP contribution is 2.37. The van der Waals surface area contributed by atoms with E-state index in [1.807, 2.05) is 13.8 Å². The van der Waals surface area contributed by atoms with E-state index in [2.05, 4.69) is 9.97 Å². The van der Waals surface area contributed by atoms with Gasteiger partial charge in [0.1, 0.15) is 5.82 Å². The number of hydrogen-bond donors (Lipinski definition) is 0. The summed E-state index contributed by atoms with van der Waals surface area (Å²) in [6, 6.07) is 3.99. The van der Waals surface area contributed by atoms with E-state index in [0.29, 0.717) is 13.1 Å². The van der Waals surface area contributed by atoms with Crippen molar-refractivity contribution >= 4 is 5.69 Å². The average molecular weight is 341 g/mol. The number of pyridine rings is 2. The molecule has 0 atom stereocenters. The molecule has 2 rings (SSSR count). The summed E-state index contributed by atoms with van der Waals surface area (Å²) < 4.78 is 53.7. The fourth-order valence-corrected chi connectivity index (χ4v) is 2.52. The summed E-state index contributed by atoms with van der Waals surface area (Å²) in [6.07, 6.45) is -0.848. The van der Waals surface area contributed by atoms with E-state index >= 15 is 0 Å². The largest absolute Gasteiger partial charge is 0.435 e. The van der Waals surface area contributed by atoms with Crippen LogP contribution in [0.3, 0.4) is 0 Å². The van der Waals surface area contributed by atoms with Gasteiger partial charge in [-0.25, -0.2) is 9.37 Å². The third kappa shape index (κ3) is 4.21. The summed E-state index contributed by atoms with van der Waals surface area (Å²) in [6.45, 7) is 4.85. The quantitative estimate of drug-likeness (QED) is 0.698. The topological polar surface area (TPSA) is 29.0 Å². The molecule has 0 aliphatic heterocycles. The van der Waals surface area contributed by atoms with Crippen LogP contribution in [0.25, 0.3) is 11.3 Å². The molecule has 0 spiro atoms. The van der Waals surface area contributed by atoms with Crippen molar-refractivity contribution < 1.29 is 17.6 Å². The number of alkyl halides is 3. The molecule has 24 heavy (non-hydrogen) atoms. The Morgan fingerprint density at radius 1 is 1.04 bits per heavy atom. The highest BCUT2D eigenvalue weighted by Gasteiger charge is 2.37. The van der Waals surface area contributed by atoms with E-state index in [4.69, 9.17) is 0 Å². The van der Waals surface area contributed by atoms with E-state index in [-0.39, 0.29) is 16.9 Å². The second-order valence-corrected chi connectivity index (χ2v) is 5.44. The Kier molecular flexibility index (Phi) is 5.75. The Morgan fingerprint density at radius 3 is 2.25 bits per heavy atom. The van der Waals surface area contributed by atoms with E-state index in [1.165, 1.54) is 18.3 Å². The first-order valence-corrected chi connectivity index (χ1v) is 7.81. The van der Waals surface area contributed by atoms with Gasteiger partial charge in [-0.2, -0.15) is 13.2 Å². The van der Waals surface area contributed by atoms with Crippen LogP contribution in [-0.4, -0.2) is 23.1 Å². The lowest BCUT2D eigenvalue weighted by atomic mass is 10.1. The Hall–Kier alpha value is -2.18. The summed E-state index contributed by atoms with van der Waals surface area (Å²) in [5.74, 6) is -0.620. The lowest BCUT2D eigenvalue weighted by Gasteiger charge is -2.26. The molecule has 0 amide bonds. The molecule has 2 aromatic rings. The zero-order valence-corrected chi connectivity index (χ0v) is 13.6. The number of aromatic nitrogens is 2. The minimum atomic E-state index is -4.59. The second kappa shape index (κ2) is 7.59. The maximum Gasteiger partial charge on any atom is 0.435 e. The predicted molar refractivity (Wildman–Crippen MR) is 85.2 cm³/mol. The lowest BCUT2D eigenvalue weighted by molar-refractivity contribution is -0.140. The minimum absolute atomic E-state index is 0.0472. The molecule has 0 saturated carbocycles. The molecule has 0 aromatic carbocycles. The molecule has 0 N–H and O–H groups in total. The third-order valence-electron chi connectivity index (χ3n) is 3.47. The predicted octanol–water partition coefficient (Wildman–Crippen LogP) is 4.93. The Bertz CT molecular complexity index is 680. The highest BCUT2D eigenvalue weighted by atomic mass is 19.4. The van der Waals surface area contributed by atoms with Crippen molar-refractivity contribution in [3.05, 3.63) is 42.1 Å². The van der Waals surface area contributed by atoms with E-state index in [9.17, 15) is 17.6 Å². The third-order valence-corrected chi connectivity index (χ3v) is 3.47. The van der Waals surface area contributed by atoms with Gasteiger partial charge in [-0.15, -0.1) is 0 Å². The Morgan fingerprint density at radius 2 is 1.71 bits per heavy atom. The zero-order valence-electron chi connectivity index (χ0n) is 13.6. The molecular weight excluding hydrogens is 322 g/mol. The van der Waals surface area contributed by atoms with Crippen LogP contribution in [-0.2, 0) is 6.18 Å². The molecule has 3 nitrogen and oxygen atoms in total. The van der Waals surface area contributed by atoms with Crippen molar-refractivity contribution in [1.29, 1.82) is 0 Å². The normalized spacial score (nSPS) is 11.6. The first-order valence-electron chi connectivity index (χ1n) is 7.81. The molecule has 2 aromatic heterocycles. The summed E-state index contributed by atoms with van der Waals surface area (Å²) in [4.78, 5) is 9.11. The van der Waals surface area contributed by atoms with Gasteiger partial charge in [-0.05, 0) is 31.0 Å². The highest BCUT2D eigenvalue weighted by molar-refractivity contribution is 5.63. The standard InChI is InChI=1S/C17H19F4N3/c1-3-7-24(8-4-2)15-6-5-14(23-16(15)17(19,20)21)12-9-13(18)11-22-10-12/h5-6,9-11H,3-4,7-8H2,1-2H3. The van der Waals surface area contributed by atoms with E-state index < -0.39 is 17.7 Å².